The van der Waals surface area contributed by atoms with E-state index in [4.69, 9.17) is 29.9 Å². The molecule has 0 atom stereocenters. The van der Waals surface area contributed by atoms with Gasteiger partial charge in [-0.1, -0.05) is 98.7 Å². The quantitative estimate of drug-likeness (QED) is 0.163. The van der Waals surface area contributed by atoms with Gasteiger partial charge in [-0.15, -0.1) is 0 Å². The summed E-state index contributed by atoms with van der Waals surface area (Å²) in [4.78, 5) is 42.6. The number of nitrogens with one attached hydrogen (secondary N) is 2. The number of benzene rings is 3. The standard InChI is InChI=1S/C43H41N9/c1-41(2,3)22-10-13-25-29(18-22)37-45-33(25)47-38-31-20-24(43(7,8)9)12-15-27(31)35(49-38)51-40-32-21-44-17-16-28(32)36(52-40)50-39-30-19-23(42(4,5)6)11-14-26(30)34(46-37)48-39/h10-21H,1-9H3,(H2,45,46,47,48,49,50,51,52). The first-order valence-corrected chi connectivity index (χ1v) is 17.8. The third-order valence-corrected chi connectivity index (χ3v) is 10.2. The molecule has 0 saturated carbocycles. The van der Waals surface area contributed by atoms with Crippen LogP contribution in [0.25, 0.3) is 89.7 Å². The van der Waals surface area contributed by atoms with Gasteiger partial charge in [0.05, 0.1) is 0 Å². The van der Waals surface area contributed by atoms with Crippen LogP contribution in [0.1, 0.15) is 79.0 Å². The van der Waals surface area contributed by atoms with E-state index in [1.807, 2.05) is 6.07 Å². The highest BCUT2D eigenvalue weighted by molar-refractivity contribution is 6.06. The zero-order valence-electron chi connectivity index (χ0n) is 31.1. The van der Waals surface area contributed by atoms with Crippen LogP contribution < -0.4 is 0 Å². The normalized spacial score (nSPS) is 13.1. The number of fused-ring (bicyclic) bond motifs is 20. The molecule has 2 aliphatic heterocycles. The average Bonchev–Trinajstić information content (AvgIpc) is 3.82. The molecule has 8 bridgehead atoms. The zero-order valence-corrected chi connectivity index (χ0v) is 31.1. The minimum atomic E-state index is -0.0667. The SMILES string of the molecule is CC(C)(C)c1ccc2c(c1)-c1nc-2nc2[nH]c(nc3nc(nc4[nH]c(n1)c1ccc(C(C)(C)C)cc41)-c1ccncc1-3)c1ccc(C(C)(C)C)cc21. The monoisotopic (exact) mass is 683 g/mol. The van der Waals surface area contributed by atoms with Crippen LogP contribution in [0, 0.1) is 0 Å². The smallest absolute Gasteiger partial charge is 0.166 e. The number of hydrogen-bond acceptors (Lipinski definition) is 7. The molecule has 0 saturated heterocycles. The predicted molar refractivity (Wildman–Crippen MR) is 210 cm³/mol. The Hall–Kier alpha value is -5.83. The first-order valence-electron chi connectivity index (χ1n) is 17.8. The summed E-state index contributed by atoms with van der Waals surface area (Å²) in [5, 5.41) is 3.82. The van der Waals surface area contributed by atoms with Crippen molar-refractivity contribution < 1.29 is 0 Å². The first kappa shape index (κ1) is 32.1. The van der Waals surface area contributed by atoms with E-state index in [0.717, 1.165) is 43.8 Å². The van der Waals surface area contributed by atoms with Crippen LogP contribution in [0.2, 0.25) is 0 Å². The van der Waals surface area contributed by atoms with Crippen LogP contribution in [0.3, 0.4) is 0 Å². The van der Waals surface area contributed by atoms with Crippen LogP contribution in [-0.2, 0) is 16.2 Å². The van der Waals surface area contributed by atoms with Gasteiger partial charge in [0.1, 0.15) is 22.6 Å². The summed E-state index contributed by atoms with van der Waals surface area (Å²) in [6, 6.07) is 21.5. The molecule has 4 aromatic heterocycles. The molecule has 2 N–H and O–H groups in total. The Morgan fingerprint density at radius 2 is 0.788 bits per heavy atom. The highest BCUT2D eigenvalue weighted by Gasteiger charge is 2.25. The van der Waals surface area contributed by atoms with Gasteiger partial charge in [-0.2, -0.15) is 0 Å². The van der Waals surface area contributed by atoms with Crippen molar-refractivity contribution in [1.29, 1.82) is 0 Å². The Balaban J connectivity index is 1.47. The molecule has 3 aromatic carbocycles. The second-order valence-corrected chi connectivity index (χ2v) is 17.1. The molecule has 0 radical (unpaired) electrons. The minimum Gasteiger partial charge on any atom is -0.324 e. The number of H-pyrrole nitrogens is 2. The van der Waals surface area contributed by atoms with Crippen LogP contribution in [0.4, 0.5) is 0 Å². The minimum absolute atomic E-state index is 0.0629. The Morgan fingerprint density at radius 1 is 0.385 bits per heavy atom. The van der Waals surface area contributed by atoms with E-state index in [1.165, 1.54) is 16.7 Å². The van der Waals surface area contributed by atoms with Crippen molar-refractivity contribution in [3.05, 3.63) is 89.7 Å². The topological polar surface area (TPSA) is 122 Å². The van der Waals surface area contributed by atoms with E-state index in [1.54, 1.807) is 12.4 Å². The third kappa shape index (κ3) is 5.17. The molecule has 0 spiro atoms. The van der Waals surface area contributed by atoms with Gasteiger partial charge in [0.2, 0.25) is 0 Å². The van der Waals surface area contributed by atoms with Crippen LogP contribution in [-0.4, -0.2) is 44.9 Å². The molecule has 7 aromatic rings. The summed E-state index contributed by atoms with van der Waals surface area (Å²) in [6.45, 7) is 20.0. The van der Waals surface area contributed by atoms with Gasteiger partial charge in [-0.05, 0) is 57.2 Å². The van der Waals surface area contributed by atoms with Crippen molar-refractivity contribution in [2.45, 2.75) is 78.6 Å². The van der Waals surface area contributed by atoms with Gasteiger partial charge in [-0.25, -0.2) is 29.9 Å². The van der Waals surface area contributed by atoms with Crippen molar-refractivity contribution in [3.63, 3.8) is 0 Å². The molecule has 9 heteroatoms. The number of rotatable bonds is 0. The fourth-order valence-corrected chi connectivity index (χ4v) is 7.04. The lowest BCUT2D eigenvalue weighted by Crippen LogP contribution is -2.10. The summed E-state index contributed by atoms with van der Waals surface area (Å²) >= 11 is 0. The number of nitrogens with zero attached hydrogens (tertiary/aromatic N) is 7. The number of pyridine rings is 1. The van der Waals surface area contributed by atoms with Gasteiger partial charge < -0.3 is 9.97 Å². The van der Waals surface area contributed by atoms with Gasteiger partial charge in [0.25, 0.3) is 0 Å². The van der Waals surface area contributed by atoms with Crippen LogP contribution >= 0.6 is 0 Å². The largest absolute Gasteiger partial charge is 0.324 e. The molecule has 9 nitrogen and oxygen atoms in total. The second-order valence-electron chi connectivity index (χ2n) is 17.1. The average molecular weight is 684 g/mol. The number of aromatic amines is 2. The molecule has 0 aliphatic carbocycles. The Bertz CT molecular complexity index is 2780. The molecular weight excluding hydrogens is 643 g/mol. The van der Waals surface area contributed by atoms with Gasteiger partial charge >= 0.3 is 0 Å². The van der Waals surface area contributed by atoms with Crippen molar-refractivity contribution in [3.8, 4) is 45.6 Å². The zero-order chi connectivity index (χ0) is 36.3. The molecule has 6 heterocycles. The highest BCUT2D eigenvalue weighted by Crippen LogP contribution is 2.39. The van der Waals surface area contributed by atoms with E-state index in [0.29, 0.717) is 45.9 Å². The van der Waals surface area contributed by atoms with E-state index in [-0.39, 0.29) is 16.2 Å². The fourth-order valence-electron chi connectivity index (χ4n) is 7.04. The predicted octanol–water partition coefficient (Wildman–Crippen LogP) is 10.2. The maximum absolute atomic E-state index is 5.27. The van der Waals surface area contributed by atoms with Crippen LogP contribution in [0.15, 0.2) is 73.1 Å². The number of hydrogen-bond donors (Lipinski definition) is 2. The van der Waals surface area contributed by atoms with Crippen molar-refractivity contribution in [1.82, 2.24) is 44.9 Å². The Kier molecular flexibility index (Phi) is 6.69. The van der Waals surface area contributed by atoms with Gasteiger partial charge in [0, 0.05) is 56.2 Å². The highest BCUT2D eigenvalue weighted by atomic mass is 15.1. The van der Waals surface area contributed by atoms with Gasteiger partial charge in [-0.3, -0.25) is 4.98 Å². The van der Waals surface area contributed by atoms with E-state index >= 15 is 0 Å². The van der Waals surface area contributed by atoms with E-state index in [9.17, 15) is 0 Å². The summed E-state index contributed by atoms with van der Waals surface area (Å²) in [6.07, 6.45) is 3.58. The lowest BCUT2D eigenvalue weighted by molar-refractivity contribution is 0.590. The summed E-state index contributed by atoms with van der Waals surface area (Å²) in [5.41, 5.74) is 9.65. The van der Waals surface area contributed by atoms with Gasteiger partial charge in [0.15, 0.2) is 23.3 Å². The molecule has 0 unspecified atom stereocenters. The number of aromatic nitrogens is 9. The lowest BCUT2D eigenvalue weighted by Gasteiger charge is -2.19. The molecule has 2 aliphatic rings. The lowest BCUT2D eigenvalue weighted by atomic mass is 9.85. The molecule has 9 rings (SSSR count). The Morgan fingerprint density at radius 3 is 1.29 bits per heavy atom. The summed E-state index contributed by atoms with van der Waals surface area (Å²) < 4.78 is 0. The summed E-state index contributed by atoms with van der Waals surface area (Å²) in [5.74, 6) is 2.29. The maximum Gasteiger partial charge on any atom is 0.166 e. The van der Waals surface area contributed by atoms with Crippen LogP contribution in [0.5, 0.6) is 0 Å². The third-order valence-electron chi connectivity index (χ3n) is 10.2. The first-order chi connectivity index (χ1) is 24.6. The van der Waals surface area contributed by atoms with Crippen molar-refractivity contribution in [2.75, 3.05) is 0 Å². The molecule has 0 fully saturated rings. The summed E-state index contributed by atoms with van der Waals surface area (Å²) in [7, 11) is 0. The van der Waals surface area contributed by atoms with Crippen molar-refractivity contribution in [2.24, 2.45) is 0 Å². The molecule has 52 heavy (non-hydrogen) atoms. The Labute approximate surface area is 302 Å². The van der Waals surface area contributed by atoms with Crippen molar-refractivity contribution >= 4 is 44.1 Å². The second kappa shape index (κ2) is 10.8. The molecule has 0 amide bonds. The molecule has 258 valence electrons. The fraction of sp³-hybridized carbons (Fsp3) is 0.279. The van der Waals surface area contributed by atoms with E-state index < -0.39 is 0 Å². The maximum atomic E-state index is 5.27. The molecular formula is C43H41N9. The van der Waals surface area contributed by atoms with E-state index in [2.05, 4.69) is 132 Å².